The average molecular weight is 535 g/mol. The first kappa shape index (κ1) is 20.7. The topological polar surface area (TPSA) is 108 Å². The summed E-state index contributed by atoms with van der Waals surface area (Å²) in [6, 6.07) is 8.13. The molecule has 7 atom stereocenters. The molecule has 2 aromatic rings. The van der Waals surface area contributed by atoms with Crippen molar-refractivity contribution in [1.82, 2.24) is 9.88 Å². The minimum Gasteiger partial charge on any atom is -0.481 e. The van der Waals surface area contributed by atoms with Crippen molar-refractivity contribution in [2.45, 2.75) is 29.0 Å². The van der Waals surface area contributed by atoms with E-state index in [0.717, 1.165) is 26.4 Å². The number of H-pyrrole nitrogens is 1. The highest BCUT2D eigenvalue weighted by Gasteiger charge is 2.69. The van der Waals surface area contributed by atoms with E-state index in [-0.39, 0.29) is 70.4 Å². The summed E-state index contributed by atoms with van der Waals surface area (Å²) in [5.74, 6) is -1.92. The zero-order chi connectivity index (χ0) is 22.3. The number of hydrogen-bond donors (Lipinski definition) is 2. The zero-order valence-electron chi connectivity index (χ0n) is 16.7. The summed E-state index contributed by atoms with van der Waals surface area (Å²) in [6.45, 7) is -0.0568. The number of thiazole rings is 1. The molecule has 0 unspecified atom stereocenters. The fraction of sp³-hybridized carbons (Fsp3) is 0.455. The fourth-order valence-corrected chi connectivity index (χ4v) is 9.70. The fourth-order valence-electron chi connectivity index (χ4n) is 6.55. The molecule has 6 rings (SSSR count). The van der Waals surface area contributed by atoms with Gasteiger partial charge in [-0.1, -0.05) is 39.4 Å². The summed E-state index contributed by atoms with van der Waals surface area (Å²) < 4.78 is 0.976. The van der Waals surface area contributed by atoms with Crippen LogP contribution >= 0.6 is 39.0 Å². The van der Waals surface area contributed by atoms with Crippen LogP contribution in [-0.2, 0) is 14.4 Å². The van der Waals surface area contributed by atoms with Gasteiger partial charge in [-0.15, -0.1) is 11.8 Å². The van der Waals surface area contributed by atoms with Crippen molar-refractivity contribution in [3.05, 3.63) is 48.8 Å². The number of aromatic nitrogens is 1. The minimum absolute atomic E-state index is 0.000205. The number of carbonyl (C=O) groups excluding carboxylic acids is 2. The number of aromatic amines is 1. The van der Waals surface area contributed by atoms with Crippen LogP contribution in [0.1, 0.15) is 29.2 Å². The maximum absolute atomic E-state index is 13.3. The smallest absolute Gasteiger partial charge is 0.305 e. The van der Waals surface area contributed by atoms with Gasteiger partial charge in [0.15, 0.2) is 0 Å². The van der Waals surface area contributed by atoms with Crippen LogP contribution in [0.5, 0.6) is 0 Å². The predicted molar refractivity (Wildman–Crippen MR) is 122 cm³/mol. The lowest BCUT2D eigenvalue weighted by atomic mass is 9.68. The number of aliphatic carboxylic acids is 1. The van der Waals surface area contributed by atoms with Crippen LogP contribution in [0.3, 0.4) is 0 Å². The standard InChI is InChI=1S/C22H19BrN2O5S2/c23-9-3-1-8(2-4-9)13-14-10-7-11(17(14)31-19-18(13)32-22(30)24-19)16-15(10)20(28)25(21(16)29)6-5-12(26)27/h1-4,10-11,13-17H,5-7H2,(H,24,30)(H,26,27)/t10-,11-,13+,14-,15+,16-,17-/m1/s1. The second-order valence-electron chi connectivity index (χ2n) is 8.98. The third-order valence-electron chi connectivity index (χ3n) is 7.59. The minimum atomic E-state index is -1.02. The number of halogens is 1. The van der Waals surface area contributed by atoms with Crippen LogP contribution in [0.15, 0.2) is 38.6 Å². The number of fused-ring (bicyclic) bond motifs is 9. The molecule has 1 aromatic heterocycles. The van der Waals surface area contributed by atoms with E-state index in [1.807, 2.05) is 12.1 Å². The molecule has 3 heterocycles. The Hall–Kier alpha value is -1.91. The Kier molecular flexibility index (Phi) is 4.71. The Labute approximate surface area is 199 Å². The summed E-state index contributed by atoms with van der Waals surface area (Å²) in [6.07, 6.45) is 0.599. The summed E-state index contributed by atoms with van der Waals surface area (Å²) >= 11 is 6.39. The number of hydrogen-bond acceptors (Lipinski definition) is 6. The molecule has 2 bridgehead atoms. The van der Waals surface area contributed by atoms with Gasteiger partial charge in [0.05, 0.1) is 23.3 Å². The van der Waals surface area contributed by atoms with E-state index < -0.39 is 5.97 Å². The van der Waals surface area contributed by atoms with Crippen LogP contribution in [0.2, 0.25) is 0 Å². The number of carboxylic acid groups (broad SMARTS) is 1. The van der Waals surface area contributed by atoms with Crippen LogP contribution < -0.4 is 4.87 Å². The summed E-state index contributed by atoms with van der Waals surface area (Å²) in [4.78, 5) is 54.8. The molecule has 32 heavy (non-hydrogen) atoms. The molecule has 2 N–H and O–H groups in total. The first-order chi connectivity index (χ1) is 15.3. The van der Waals surface area contributed by atoms with Crippen LogP contribution in [0, 0.1) is 29.6 Å². The molecule has 4 aliphatic rings. The van der Waals surface area contributed by atoms with Gasteiger partial charge in [0.25, 0.3) is 0 Å². The van der Waals surface area contributed by atoms with Gasteiger partial charge in [-0.05, 0) is 41.9 Å². The van der Waals surface area contributed by atoms with Crippen molar-refractivity contribution in [3.63, 3.8) is 0 Å². The first-order valence-corrected chi connectivity index (χ1v) is 13.1. The Morgan fingerprint density at radius 3 is 2.50 bits per heavy atom. The molecule has 1 saturated heterocycles. The quantitative estimate of drug-likeness (QED) is 0.583. The lowest BCUT2D eigenvalue weighted by Gasteiger charge is -2.43. The van der Waals surface area contributed by atoms with Gasteiger partial charge in [-0.3, -0.25) is 24.1 Å². The van der Waals surface area contributed by atoms with Crippen LogP contribution in [0.4, 0.5) is 0 Å². The highest BCUT2D eigenvalue weighted by molar-refractivity contribution is 9.10. The third kappa shape index (κ3) is 2.85. The number of carbonyl (C=O) groups is 3. The normalized spacial score (nSPS) is 34.5. The van der Waals surface area contributed by atoms with Gasteiger partial charge < -0.3 is 10.1 Å². The van der Waals surface area contributed by atoms with Gasteiger partial charge in [0, 0.05) is 27.1 Å². The van der Waals surface area contributed by atoms with E-state index in [1.165, 1.54) is 16.2 Å². The third-order valence-corrected chi connectivity index (χ3v) is 10.7. The van der Waals surface area contributed by atoms with Crippen LogP contribution in [-0.4, -0.2) is 44.6 Å². The molecule has 2 saturated carbocycles. The Balaban J connectivity index is 1.41. The zero-order valence-corrected chi connectivity index (χ0v) is 19.9. The lowest BCUT2D eigenvalue weighted by molar-refractivity contribution is -0.142. The number of likely N-dealkylation sites (tertiary alicyclic amines) is 1. The largest absolute Gasteiger partial charge is 0.481 e. The number of rotatable bonds is 4. The number of thioether (sulfide) groups is 1. The maximum atomic E-state index is 13.3. The maximum Gasteiger partial charge on any atom is 0.305 e. The van der Waals surface area contributed by atoms with Crippen LogP contribution in [0.25, 0.3) is 0 Å². The summed E-state index contributed by atoms with van der Waals surface area (Å²) in [5, 5.41) is 10.1. The average Bonchev–Trinajstić information content (AvgIpc) is 3.47. The highest BCUT2D eigenvalue weighted by Crippen LogP contribution is 2.68. The summed E-state index contributed by atoms with van der Waals surface area (Å²) in [7, 11) is 0. The molecule has 2 aliphatic carbocycles. The van der Waals surface area contributed by atoms with Crippen molar-refractivity contribution >= 4 is 56.8 Å². The summed E-state index contributed by atoms with van der Waals surface area (Å²) in [5.41, 5.74) is 1.11. The van der Waals surface area contributed by atoms with Crippen molar-refractivity contribution in [2.75, 3.05) is 6.54 Å². The lowest BCUT2D eigenvalue weighted by Crippen LogP contribution is -2.42. The van der Waals surface area contributed by atoms with E-state index in [2.05, 4.69) is 33.0 Å². The molecule has 3 fully saturated rings. The van der Waals surface area contributed by atoms with Gasteiger partial charge in [0.2, 0.25) is 11.8 Å². The number of nitrogens with zero attached hydrogens (tertiary/aromatic N) is 1. The van der Waals surface area contributed by atoms with Gasteiger partial charge in [-0.25, -0.2) is 0 Å². The second kappa shape index (κ2) is 7.30. The molecule has 1 aromatic carbocycles. The molecule has 2 aliphatic heterocycles. The molecule has 7 nitrogen and oxygen atoms in total. The van der Waals surface area contributed by atoms with Gasteiger partial charge in [-0.2, -0.15) is 0 Å². The molecular weight excluding hydrogens is 516 g/mol. The van der Waals surface area contributed by atoms with Gasteiger partial charge in [0.1, 0.15) is 0 Å². The van der Waals surface area contributed by atoms with Gasteiger partial charge >= 0.3 is 10.8 Å². The molecular formula is C22H19BrN2O5S2. The van der Waals surface area contributed by atoms with E-state index in [9.17, 15) is 19.2 Å². The Morgan fingerprint density at radius 1 is 1.12 bits per heavy atom. The van der Waals surface area contributed by atoms with E-state index >= 15 is 0 Å². The van der Waals surface area contributed by atoms with Crippen molar-refractivity contribution in [1.29, 1.82) is 0 Å². The second-order valence-corrected chi connectivity index (χ2v) is 12.1. The molecule has 2 amide bonds. The SMILES string of the molecule is O=C(O)CCN1C(=O)[C@@H]2[C@H]3C[C@@H]([C@@H]2C1=O)[C@@H]1[C@H](c2ccc(Br)cc2)c2sc(=O)[nH]c2S[C@H]31. The molecule has 166 valence electrons. The number of amides is 2. The van der Waals surface area contributed by atoms with Crippen molar-refractivity contribution in [2.24, 2.45) is 29.6 Å². The Bertz CT molecular complexity index is 1210. The molecule has 0 radical (unpaired) electrons. The number of imide groups is 1. The predicted octanol–water partition coefficient (Wildman–Crippen LogP) is 3.15. The number of nitrogens with one attached hydrogen (secondary N) is 1. The molecule has 0 spiro atoms. The van der Waals surface area contributed by atoms with E-state index in [4.69, 9.17) is 5.11 Å². The molecule has 10 heteroatoms. The number of carboxylic acids is 1. The number of benzene rings is 1. The van der Waals surface area contributed by atoms with E-state index in [0.29, 0.717) is 0 Å². The monoisotopic (exact) mass is 534 g/mol. The Morgan fingerprint density at radius 2 is 1.81 bits per heavy atom. The van der Waals surface area contributed by atoms with Crippen molar-refractivity contribution in [3.8, 4) is 0 Å². The first-order valence-electron chi connectivity index (χ1n) is 10.6. The highest BCUT2D eigenvalue weighted by atomic mass is 79.9. The van der Waals surface area contributed by atoms with E-state index in [1.54, 1.807) is 11.8 Å². The van der Waals surface area contributed by atoms with Crippen molar-refractivity contribution < 1.29 is 19.5 Å².